The molecular weight excluding hydrogens is 290 g/mol. The molecule has 0 aliphatic heterocycles. The van der Waals surface area contributed by atoms with Gasteiger partial charge < -0.3 is 10.3 Å². The number of nitrogens with one attached hydrogen (secondary N) is 1. The van der Waals surface area contributed by atoms with Gasteiger partial charge in [-0.1, -0.05) is 16.8 Å². The van der Waals surface area contributed by atoms with E-state index in [2.05, 4.69) is 14.4 Å². The summed E-state index contributed by atoms with van der Waals surface area (Å²) < 4.78 is 31.4. The Hall–Kier alpha value is -1.57. The van der Waals surface area contributed by atoms with E-state index in [0.717, 1.165) is 0 Å². The van der Waals surface area contributed by atoms with Crippen LogP contribution >= 0.6 is 11.6 Å². The van der Waals surface area contributed by atoms with Gasteiger partial charge in [0.05, 0.1) is 17.1 Å². The Balaban J connectivity index is 2.29. The number of nitrogens with two attached hydrogens (primary N) is 1. The lowest BCUT2D eigenvalue weighted by molar-refractivity contribution is 0.411. The number of sulfonamides is 1. The highest BCUT2D eigenvalue weighted by molar-refractivity contribution is 7.89. The number of benzene rings is 1. The lowest BCUT2D eigenvalue weighted by Crippen LogP contribution is -2.24. The summed E-state index contributed by atoms with van der Waals surface area (Å²) in [6, 6.07) is 4.44. The number of hydrogen-bond donors (Lipinski definition) is 2. The Morgan fingerprint density at radius 2 is 2.21 bits per heavy atom. The molecule has 0 saturated carbocycles. The van der Waals surface area contributed by atoms with Crippen molar-refractivity contribution in [2.75, 3.05) is 5.73 Å². The van der Waals surface area contributed by atoms with E-state index in [1.807, 2.05) is 0 Å². The van der Waals surface area contributed by atoms with Crippen molar-refractivity contribution >= 4 is 27.3 Å². The Labute approximate surface area is 115 Å². The second kappa shape index (κ2) is 5.20. The number of halogens is 1. The average Bonchev–Trinajstić information content (AvgIpc) is 2.84. The number of nitrogens with zero attached hydrogens (tertiary/aromatic N) is 1. The van der Waals surface area contributed by atoms with E-state index < -0.39 is 10.0 Å². The largest absolute Gasteiger partial charge is 0.398 e. The van der Waals surface area contributed by atoms with Gasteiger partial charge in [-0.2, -0.15) is 0 Å². The minimum absolute atomic E-state index is 0.0324. The van der Waals surface area contributed by atoms with Crippen LogP contribution in [-0.2, 0) is 16.6 Å². The number of anilines is 1. The monoisotopic (exact) mass is 301 g/mol. The molecule has 3 N–H and O–H groups in total. The molecule has 0 saturated heterocycles. The van der Waals surface area contributed by atoms with Crippen LogP contribution in [0, 0.1) is 6.92 Å². The first-order chi connectivity index (χ1) is 8.90. The zero-order valence-electron chi connectivity index (χ0n) is 10.1. The van der Waals surface area contributed by atoms with E-state index >= 15 is 0 Å². The lowest BCUT2D eigenvalue weighted by Gasteiger charge is -2.10. The summed E-state index contributed by atoms with van der Waals surface area (Å²) in [7, 11) is -3.71. The van der Waals surface area contributed by atoms with Gasteiger partial charge in [-0.15, -0.1) is 0 Å². The van der Waals surface area contributed by atoms with E-state index in [4.69, 9.17) is 17.3 Å². The summed E-state index contributed by atoms with van der Waals surface area (Å²) in [5, 5.41) is 3.89. The molecule has 8 heteroatoms. The average molecular weight is 302 g/mol. The maximum absolute atomic E-state index is 12.2. The van der Waals surface area contributed by atoms with Crippen molar-refractivity contribution in [3.05, 3.63) is 40.7 Å². The van der Waals surface area contributed by atoms with E-state index in [-0.39, 0.29) is 16.5 Å². The molecule has 6 nitrogen and oxygen atoms in total. The Kier molecular flexibility index (Phi) is 3.79. The second-order valence-corrected chi connectivity index (χ2v) is 6.11. The lowest BCUT2D eigenvalue weighted by atomic mass is 10.2. The molecule has 0 amide bonds. The van der Waals surface area contributed by atoms with Crippen LogP contribution in [0.1, 0.15) is 11.3 Å². The van der Waals surface area contributed by atoms with Crippen LogP contribution in [0.3, 0.4) is 0 Å². The van der Waals surface area contributed by atoms with Crippen LogP contribution in [-0.4, -0.2) is 13.6 Å². The fourth-order valence-electron chi connectivity index (χ4n) is 1.53. The van der Waals surface area contributed by atoms with Gasteiger partial charge in [0.15, 0.2) is 0 Å². The van der Waals surface area contributed by atoms with Crippen molar-refractivity contribution < 1.29 is 12.9 Å². The smallest absolute Gasteiger partial charge is 0.241 e. The van der Waals surface area contributed by atoms with Crippen molar-refractivity contribution in [2.45, 2.75) is 18.4 Å². The molecule has 0 aliphatic rings. The highest BCUT2D eigenvalue weighted by Gasteiger charge is 2.19. The van der Waals surface area contributed by atoms with Gasteiger partial charge in [0.1, 0.15) is 6.26 Å². The van der Waals surface area contributed by atoms with Crippen LogP contribution in [0.4, 0.5) is 5.69 Å². The van der Waals surface area contributed by atoms with Crippen molar-refractivity contribution in [3.8, 4) is 0 Å². The standard InChI is InChI=1S/C11H12ClN3O3S/c1-7-10(13)4-8(12)5-11(7)19(16,17)14-6-9-2-3-18-15-9/h2-5,14H,6,13H2,1H3. The summed E-state index contributed by atoms with van der Waals surface area (Å²) in [4.78, 5) is 0.0565. The van der Waals surface area contributed by atoms with Crippen molar-refractivity contribution in [2.24, 2.45) is 0 Å². The Morgan fingerprint density at radius 1 is 1.47 bits per heavy atom. The molecule has 1 heterocycles. The molecule has 2 rings (SSSR count). The third-order valence-corrected chi connectivity index (χ3v) is 4.33. The summed E-state index contributed by atoms with van der Waals surface area (Å²) in [6.45, 7) is 1.65. The van der Waals surface area contributed by atoms with E-state index in [0.29, 0.717) is 16.9 Å². The molecule has 2 aromatic rings. The van der Waals surface area contributed by atoms with Gasteiger partial charge in [-0.3, -0.25) is 0 Å². The Bertz CT molecular complexity index is 683. The van der Waals surface area contributed by atoms with E-state index in [9.17, 15) is 8.42 Å². The van der Waals surface area contributed by atoms with Gasteiger partial charge in [0.2, 0.25) is 10.0 Å². The highest BCUT2D eigenvalue weighted by atomic mass is 35.5. The molecule has 1 aromatic carbocycles. The molecule has 0 unspecified atom stereocenters. The maximum atomic E-state index is 12.2. The number of hydrogen-bond acceptors (Lipinski definition) is 5. The fourth-order valence-corrected chi connectivity index (χ4v) is 3.12. The fraction of sp³-hybridized carbons (Fsp3) is 0.182. The molecule has 0 spiro atoms. The van der Waals surface area contributed by atoms with Crippen molar-refractivity contribution in [1.82, 2.24) is 9.88 Å². The minimum Gasteiger partial charge on any atom is -0.398 e. The number of rotatable bonds is 4. The molecule has 0 aliphatic carbocycles. The van der Waals surface area contributed by atoms with Crippen molar-refractivity contribution in [1.29, 1.82) is 0 Å². The molecule has 0 radical (unpaired) electrons. The normalized spacial score (nSPS) is 11.7. The van der Waals surface area contributed by atoms with Crippen LogP contribution in [0.25, 0.3) is 0 Å². The molecule has 102 valence electrons. The van der Waals surface area contributed by atoms with E-state index in [1.165, 1.54) is 18.4 Å². The zero-order valence-corrected chi connectivity index (χ0v) is 11.6. The molecular formula is C11H12ClN3O3S. The maximum Gasteiger partial charge on any atom is 0.241 e. The van der Waals surface area contributed by atoms with Gasteiger partial charge in [0.25, 0.3) is 0 Å². The SMILES string of the molecule is Cc1c(N)cc(Cl)cc1S(=O)(=O)NCc1ccon1. The predicted molar refractivity (Wildman–Crippen MR) is 71.1 cm³/mol. The highest BCUT2D eigenvalue weighted by Crippen LogP contribution is 2.25. The van der Waals surface area contributed by atoms with Gasteiger partial charge in [0, 0.05) is 16.8 Å². The van der Waals surface area contributed by atoms with Crippen LogP contribution in [0.15, 0.2) is 33.9 Å². The summed E-state index contributed by atoms with van der Waals surface area (Å²) in [5.74, 6) is 0. The quantitative estimate of drug-likeness (QED) is 0.837. The summed E-state index contributed by atoms with van der Waals surface area (Å²) >= 11 is 5.83. The predicted octanol–water partition coefficient (Wildman–Crippen LogP) is 1.70. The van der Waals surface area contributed by atoms with E-state index in [1.54, 1.807) is 13.0 Å². The van der Waals surface area contributed by atoms with Gasteiger partial charge in [-0.25, -0.2) is 13.1 Å². The van der Waals surface area contributed by atoms with Gasteiger partial charge in [-0.05, 0) is 24.6 Å². The first kappa shape index (κ1) is 13.9. The van der Waals surface area contributed by atoms with Crippen LogP contribution in [0.2, 0.25) is 5.02 Å². The Morgan fingerprint density at radius 3 is 2.84 bits per heavy atom. The molecule has 19 heavy (non-hydrogen) atoms. The second-order valence-electron chi connectivity index (χ2n) is 3.93. The van der Waals surface area contributed by atoms with Crippen LogP contribution in [0.5, 0.6) is 0 Å². The molecule has 0 bridgehead atoms. The first-order valence-electron chi connectivity index (χ1n) is 5.34. The third kappa shape index (κ3) is 3.06. The zero-order chi connectivity index (χ0) is 14.0. The summed E-state index contributed by atoms with van der Waals surface area (Å²) in [6.07, 6.45) is 1.37. The van der Waals surface area contributed by atoms with Crippen molar-refractivity contribution in [3.63, 3.8) is 0 Å². The number of nitrogen functional groups attached to an aromatic ring is 1. The summed E-state index contributed by atoms with van der Waals surface area (Å²) in [5.41, 5.74) is 6.97. The van der Waals surface area contributed by atoms with Crippen LogP contribution < -0.4 is 10.5 Å². The molecule has 0 atom stereocenters. The topological polar surface area (TPSA) is 98.2 Å². The molecule has 0 fully saturated rings. The molecule has 1 aromatic heterocycles. The minimum atomic E-state index is -3.71. The van der Waals surface area contributed by atoms with Gasteiger partial charge >= 0.3 is 0 Å². The number of aromatic nitrogens is 1. The third-order valence-electron chi connectivity index (χ3n) is 2.59. The first-order valence-corrected chi connectivity index (χ1v) is 7.21.